The van der Waals surface area contributed by atoms with Crippen LogP contribution in [0.4, 0.5) is 10.1 Å². The first-order valence-electron chi connectivity index (χ1n) is 10.3. The smallest absolute Gasteiger partial charge is 0.271 e. The number of ether oxygens (including phenoxy) is 2. The van der Waals surface area contributed by atoms with Crippen LogP contribution in [0, 0.1) is 5.82 Å². The number of halogens is 1. The van der Waals surface area contributed by atoms with Crippen LogP contribution < -0.4 is 20.2 Å². The maximum absolute atomic E-state index is 13.1. The van der Waals surface area contributed by atoms with E-state index >= 15 is 0 Å². The Labute approximate surface area is 191 Å². The van der Waals surface area contributed by atoms with E-state index in [0.29, 0.717) is 34.9 Å². The second-order valence-corrected chi connectivity index (χ2v) is 7.01. The van der Waals surface area contributed by atoms with Crippen molar-refractivity contribution in [1.29, 1.82) is 0 Å². The summed E-state index contributed by atoms with van der Waals surface area (Å²) in [5.74, 6) is 0.205. The van der Waals surface area contributed by atoms with Gasteiger partial charge in [-0.2, -0.15) is 5.10 Å². The van der Waals surface area contributed by atoms with Gasteiger partial charge in [0.25, 0.3) is 5.91 Å². The van der Waals surface area contributed by atoms with E-state index in [2.05, 4.69) is 15.8 Å². The second-order valence-electron chi connectivity index (χ2n) is 7.01. The molecular weight excluding hydrogens is 425 g/mol. The van der Waals surface area contributed by atoms with Crippen LogP contribution in [0.15, 0.2) is 71.8 Å². The Morgan fingerprint density at radius 1 is 0.970 bits per heavy atom. The lowest BCUT2D eigenvalue weighted by Crippen LogP contribution is -2.17. The van der Waals surface area contributed by atoms with Crippen LogP contribution in [-0.4, -0.2) is 24.6 Å². The van der Waals surface area contributed by atoms with Crippen LogP contribution in [0.1, 0.15) is 35.3 Å². The minimum Gasteiger partial charge on any atom is -0.490 e. The van der Waals surface area contributed by atoms with Crippen LogP contribution in [0.3, 0.4) is 0 Å². The second kappa shape index (κ2) is 11.4. The van der Waals surface area contributed by atoms with E-state index in [1.807, 2.05) is 6.92 Å². The first kappa shape index (κ1) is 23.5. The van der Waals surface area contributed by atoms with Crippen LogP contribution in [0.2, 0.25) is 0 Å². The molecule has 0 fully saturated rings. The quantitative estimate of drug-likeness (QED) is 0.371. The number of anilines is 1. The molecule has 3 aromatic carbocycles. The first-order valence-corrected chi connectivity index (χ1v) is 10.3. The summed E-state index contributed by atoms with van der Waals surface area (Å²) in [7, 11) is 0. The first-order chi connectivity index (χ1) is 15.9. The van der Waals surface area contributed by atoms with Crippen molar-refractivity contribution in [3.8, 4) is 11.5 Å². The van der Waals surface area contributed by atoms with Crippen LogP contribution in [0.25, 0.3) is 0 Å². The molecule has 0 unspecified atom stereocenters. The average molecular weight is 449 g/mol. The molecule has 0 aliphatic rings. The standard InChI is InChI=1S/C25H24FN3O4/c1-3-32-24-14-19(6-13-23(24)33-16-18-4-9-21(26)10-5-18)15-27-29-25(31)20-7-11-22(12-8-20)28-17(2)30/h4-15H,3,16H2,1-2H3,(H,28,30)(H,29,31). The fourth-order valence-electron chi connectivity index (χ4n) is 2.87. The van der Waals surface area contributed by atoms with Crippen molar-refractivity contribution >= 4 is 23.7 Å². The highest BCUT2D eigenvalue weighted by atomic mass is 19.1. The van der Waals surface area contributed by atoms with Gasteiger partial charge in [0, 0.05) is 18.2 Å². The number of benzene rings is 3. The highest BCUT2D eigenvalue weighted by Crippen LogP contribution is 2.29. The Balaban J connectivity index is 1.61. The number of nitrogens with zero attached hydrogens (tertiary/aromatic N) is 1. The summed E-state index contributed by atoms with van der Waals surface area (Å²) < 4.78 is 24.5. The van der Waals surface area contributed by atoms with E-state index in [-0.39, 0.29) is 24.2 Å². The zero-order valence-electron chi connectivity index (χ0n) is 18.3. The molecule has 3 rings (SSSR count). The maximum Gasteiger partial charge on any atom is 0.271 e. The summed E-state index contributed by atoms with van der Waals surface area (Å²) in [6, 6.07) is 17.8. The summed E-state index contributed by atoms with van der Waals surface area (Å²) in [6.45, 7) is 3.99. The molecule has 33 heavy (non-hydrogen) atoms. The zero-order valence-corrected chi connectivity index (χ0v) is 18.3. The van der Waals surface area contributed by atoms with Crippen LogP contribution >= 0.6 is 0 Å². The minimum absolute atomic E-state index is 0.185. The van der Waals surface area contributed by atoms with E-state index in [0.717, 1.165) is 5.56 Å². The molecule has 0 radical (unpaired) electrons. The van der Waals surface area contributed by atoms with E-state index < -0.39 is 0 Å². The fraction of sp³-hybridized carbons (Fsp3) is 0.160. The zero-order chi connectivity index (χ0) is 23.6. The highest BCUT2D eigenvalue weighted by molar-refractivity contribution is 5.96. The summed E-state index contributed by atoms with van der Waals surface area (Å²) in [5.41, 5.74) is 5.01. The van der Waals surface area contributed by atoms with Crippen LogP contribution in [-0.2, 0) is 11.4 Å². The van der Waals surface area contributed by atoms with Gasteiger partial charge in [-0.25, -0.2) is 9.82 Å². The number of nitrogens with one attached hydrogen (secondary N) is 2. The number of hydrogen-bond acceptors (Lipinski definition) is 5. The molecule has 3 aromatic rings. The molecule has 0 saturated heterocycles. The lowest BCUT2D eigenvalue weighted by molar-refractivity contribution is -0.114. The van der Waals surface area contributed by atoms with Crippen molar-refractivity contribution in [3.63, 3.8) is 0 Å². The van der Waals surface area contributed by atoms with Gasteiger partial charge < -0.3 is 14.8 Å². The molecule has 0 heterocycles. The third-order valence-corrected chi connectivity index (χ3v) is 4.42. The third kappa shape index (κ3) is 7.17. The van der Waals surface area contributed by atoms with Crippen LogP contribution in [0.5, 0.6) is 11.5 Å². The van der Waals surface area contributed by atoms with E-state index in [9.17, 15) is 14.0 Å². The summed E-state index contributed by atoms with van der Waals surface area (Å²) in [6.07, 6.45) is 1.50. The van der Waals surface area contributed by atoms with Gasteiger partial charge in [0.15, 0.2) is 11.5 Å². The monoisotopic (exact) mass is 449 g/mol. The topological polar surface area (TPSA) is 89.0 Å². The number of carbonyl (C=O) groups excluding carboxylic acids is 2. The number of rotatable bonds is 9. The molecule has 0 saturated carbocycles. The molecular formula is C25H24FN3O4. The summed E-state index contributed by atoms with van der Waals surface area (Å²) in [5, 5.41) is 6.63. The molecule has 170 valence electrons. The minimum atomic E-state index is -0.384. The molecule has 0 aliphatic heterocycles. The SMILES string of the molecule is CCOc1cc(C=NNC(=O)c2ccc(NC(C)=O)cc2)ccc1OCc1ccc(F)cc1. The van der Waals surface area contributed by atoms with Crippen molar-refractivity contribution in [2.75, 3.05) is 11.9 Å². The van der Waals surface area contributed by atoms with Crippen molar-refractivity contribution in [2.45, 2.75) is 20.5 Å². The van der Waals surface area contributed by atoms with Crippen molar-refractivity contribution in [3.05, 3.63) is 89.2 Å². The van der Waals surface area contributed by atoms with E-state index in [1.165, 1.54) is 25.3 Å². The van der Waals surface area contributed by atoms with Gasteiger partial charge in [0.1, 0.15) is 12.4 Å². The Morgan fingerprint density at radius 3 is 2.36 bits per heavy atom. The van der Waals surface area contributed by atoms with Gasteiger partial charge in [-0.05, 0) is 72.6 Å². The molecule has 0 aliphatic carbocycles. The van der Waals surface area contributed by atoms with Gasteiger partial charge in [-0.15, -0.1) is 0 Å². The number of carbonyl (C=O) groups is 2. The molecule has 0 spiro atoms. The molecule has 2 N–H and O–H groups in total. The summed E-state index contributed by atoms with van der Waals surface area (Å²) in [4.78, 5) is 23.3. The Hall–Kier alpha value is -4.20. The maximum atomic E-state index is 13.1. The Morgan fingerprint density at radius 2 is 1.70 bits per heavy atom. The number of hydrogen-bond donors (Lipinski definition) is 2. The number of hydrazone groups is 1. The lowest BCUT2D eigenvalue weighted by atomic mass is 10.2. The molecule has 0 aromatic heterocycles. The lowest BCUT2D eigenvalue weighted by Gasteiger charge is -2.12. The van der Waals surface area contributed by atoms with Gasteiger partial charge in [-0.3, -0.25) is 9.59 Å². The number of amides is 2. The van der Waals surface area contributed by atoms with E-state index in [4.69, 9.17) is 9.47 Å². The molecule has 2 amide bonds. The third-order valence-electron chi connectivity index (χ3n) is 4.42. The molecule has 0 atom stereocenters. The Kier molecular flexibility index (Phi) is 8.13. The van der Waals surface area contributed by atoms with Crippen molar-refractivity contribution < 1.29 is 23.5 Å². The van der Waals surface area contributed by atoms with Gasteiger partial charge >= 0.3 is 0 Å². The van der Waals surface area contributed by atoms with E-state index in [1.54, 1.807) is 54.6 Å². The van der Waals surface area contributed by atoms with Gasteiger partial charge in [0.05, 0.1) is 12.8 Å². The predicted octanol–water partition coefficient (Wildman–Crippen LogP) is 4.53. The molecule has 7 nitrogen and oxygen atoms in total. The van der Waals surface area contributed by atoms with Gasteiger partial charge in [0.2, 0.25) is 5.91 Å². The predicted molar refractivity (Wildman–Crippen MR) is 124 cm³/mol. The van der Waals surface area contributed by atoms with Gasteiger partial charge in [-0.1, -0.05) is 12.1 Å². The molecule has 8 heteroatoms. The fourth-order valence-corrected chi connectivity index (χ4v) is 2.87. The van der Waals surface area contributed by atoms with Crippen molar-refractivity contribution in [2.24, 2.45) is 5.10 Å². The van der Waals surface area contributed by atoms with Crippen molar-refractivity contribution in [1.82, 2.24) is 5.43 Å². The summed E-state index contributed by atoms with van der Waals surface area (Å²) >= 11 is 0. The highest BCUT2D eigenvalue weighted by Gasteiger charge is 2.08. The average Bonchev–Trinajstić information content (AvgIpc) is 2.80. The normalized spacial score (nSPS) is 10.6. The Bertz CT molecular complexity index is 1130. The molecule has 0 bridgehead atoms. The largest absolute Gasteiger partial charge is 0.490 e.